The number of amidine groups is 1. The molecule has 0 aromatic carbocycles. The Bertz CT molecular complexity index is 823. The van der Waals surface area contributed by atoms with Crippen LogP contribution in [0.1, 0.15) is 5.69 Å². The monoisotopic (exact) mass is 351 g/mol. The maximum absolute atomic E-state index is 14.4. The summed E-state index contributed by atoms with van der Waals surface area (Å²) in [6, 6.07) is 3.39. The molecule has 1 aliphatic heterocycles. The number of aliphatic imine (C=N–C) groups is 1. The van der Waals surface area contributed by atoms with E-state index in [2.05, 4.69) is 27.2 Å². The van der Waals surface area contributed by atoms with E-state index in [0.717, 1.165) is 6.08 Å². The van der Waals surface area contributed by atoms with Gasteiger partial charge >= 0.3 is 0 Å². The quantitative estimate of drug-likeness (QED) is 0.495. The number of imidazole rings is 1. The zero-order valence-electron chi connectivity index (χ0n) is 12.8. The predicted molar refractivity (Wildman–Crippen MR) is 91.6 cm³/mol. The minimum Gasteiger partial charge on any atom is -0.338 e. The number of allylic oxidation sites excluding steroid dienone is 2. The molecule has 2 N–H and O–H groups in total. The Kier molecular flexibility index (Phi) is 4.92. The normalized spacial score (nSPS) is 16.7. The third-order valence-corrected chi connectivity index (χ3v) is 3.86. The SMILES string of the molecule is C=C/C(F)=C(\NC(CF)=NC1CNC1)c1cnc2ccc(Cl)cn12. The van der Waals surface area contributed by atoms with Crippen molar-refractivity contribution in [2.24, 2.45) is 4.99 Å². The first kappa shape index (κ1) is 16.6. The van der Waals surface area contributed by atoms with Gasteiger partial charge in [0.1, 0.15) is 29.7 Å². The fraction of sp³-hybridized carbons (Fsp3) is 0.250. The van der Waals surface area contributed by atoms with Crippen LogP contribution >= 0.6 is 11.6 Å². The van der Waals surface area contributed by atoms with Crippen LogP contribution < -0.4 is 10.6 Å². The van der Waals surface area contributed by atoms with Crippen LogP contribution in [0.4, 0.5) is 8.78 Å². The molecule has 0 bridgehead atoms. The van der Waals surface area contributed by atoms with Gasteiger partial charge in [0.25, 0.3) is 0 Å². The van der Waals surface area contributed by atoms with E-state index in [9.17, 15) is 8.78 Å². The summed E-state index contributed by atoms with van der Waals surface area (Å²) in [7, 11) is 0. The molecule has 0 aliphatic carbocycles. The lowest BCUT2D eigenvalue weighted by Gasteiger charge is -2.24. The summed E-state index contributed by atoms with van der Waals surface area (Å²) >= 11 is 6.00. The number of hydrogen-bond acceptors (Lipinski definition) is 3. The number of hydrogen-bond donors (Lipinski definition) is 2. The molecule has 126 valence electrons. The second-order valence-electron chi connectivity index (χ2n) is 5.29. The smallest absolute Gasteiger partial charge is 0.148 e. The molecule has 0 atom stereocenters. The van der Waals surface area contributed by atoms with E-state index in [1.54, 1.807) is 22.7 Å². The third-order valence-electron chi connectivity index (χ3n) is 3.64. The van der Waals surface area contributed by atoms with Crippen LogP contribution in [0.5, 0.6) is 0 Å². The number of alkyl halides is 1. The first-order valence-corrected chi connectivity index (χ1v) is 7.75. The number of aromatic nitrogens is 2. The summed E-state index contributed by atoms with van der Waals surface area (Å²) in [6.45, 7) is 3.97. The van der Waals surface area contributed by atoms with Crippen molar-refractivity contribution >= 4 is 28.8 Å². The summed E-state index contributed by atoms with van der Waals surface area (Å²) in [6.07, 6.45) is 4.14. The molecule has 0 unspecified atom stereocenters. The van der Waals surface area contributed by atoms with Gasteiger partial charge in [-0.05, 0) is 18.2 Å². The second-order valence-corrected chi connectivity index (χ2v) is 5.73. The van der Waals surface area contributed by atoms with E-state index in [4.69, 9.17) is 11.6 Å². The molecule has 1 fully saturated rings. The Hall–Kier alpha value is -2.25. The van der Waals surface area contributed by atoms with Gasteiger partial charge in [-0.25, -0.2) is 13.8 Å². The molecule has 0 radical (unpaired) electrons. The molecule has 3 rings (SSSR count). The average Bonchev–Trinajstić information content (AvgIpc) is 2.95. The minimum absolute atomic E-state index is 0.00655. The van der Waals surface area contributed by atoms with Gasteiger partial charge in [0.2, 0.25) is 0 Å². The van der Waals surface area contributed by atoms with Crippen molar-refractivity contribution in [1.82, 2.24) is 20.0 Å². The lowest BCUT2D eigenvalue weighted by atomic mass is 10.2. The fourth-order valence-electron chi connectivity index (χ4n) is 2.32. The maximum Gasteiger partial charge on any atom is 0.148 e. The lowest BCUT2D eigenvalue weighted by Crippen LogP contribution is -2.47. The molecule has 24 heavy (non-hydrogen) atoms. The van der Waals surface area contributed by atoms with Gasteiger partial charge in [-0.15, -0.1) is 0 Å². The van der Waals surface area contributed by atoms with Gasteiger partial charge in [0.05, 0.1) is 23.0 Å². The fourth-order valence-corrected chi connectivity index (χ4v) is 2.48. The van der Waals surface area contributed by atoms with Crippen molar-refractivity contribution in [2.75, 3.05) is 19.8 Å². The summed E-state index contributed by atoms with van der Waals surface area (Å²) < 4.78 is 29.3. The molecule has 0 amide bonds. The standard InChI is InChI=1S/C16H16ClF2N5/c1-2-12(19)16(23-14(5-18)22-11-6-20-7-11)13-8-21-15-4-3-10(17)9-24(13)15/h2-4,8-9,11,20H,1,5-7H2,(H,22,23)/b16-12+. The summed E-state index contributed by atoms with van der Waals surface area (Å²) in [4.78, 5) is 8.45. The number of rotatable bonds is 5. The Morgan fingerprint density at radius 2 is 2.33 bits per heavy atom. The highest BCUT2D eigenvalue weighted by atomic mass is 35.5. The molecular formula is C16H16ClF2N5. The number of fused-ring (bicyclic) bond motifs is 1. The minimum atomic E-state index is -0.831. The van der Waals surface area contributed by atoms with Gasteiger partial charge < -0.3 is 10.6 Å². The van der Waals surface area contributed by atoms with Crippen molar-refractivity contribution in [2.45, 2.75) is 6.04 Å². The van der Waals surface area contributed by atoms with Crippen LogP contribution in [0.2, 0.25) is 5.02 Å². The van der Waals surface area contributed by atoms with Crippen LogP contribution in [0.3, 0.4) is 0 Å². The molecule has 2 aromatic heterocycles. The molecule has 3 heterocycles. The Morgan fingerprint density at radius 1 is 1.54 bits per heavy atom. The van der Waals surface area contributed by atoms with Crippen LogP contribution in [0.25, 0.3) is 11.3 Å². The van der Waals surface area contributed by atoms with Crippen LogP contribution in [0, 0.1) is 0 Å². The molecule has 5 nitrogen and oxygen atoms in total. The summed E-state index contributed by atoms with van der Waals surface area (Å²) in [5.41, 5.74) is 1.04. The third kappa shape index (κ3) is 3.32. The molecule has 1 aliphatic rings. The zero-order chi connectivity index (χ0) is 17.1. The maximum atomic E-state index is 14.4. The molecule has 8 heteroatoms. The van der Waals surface area contributed by atoms with Gasteiger partial charge in [-0.2, -0.15) is 0 Å². The predicted octanol–water partition coefficient (Wildman–Crippen LogP) is 2.74. The van der Waals surface area contributed by atoms with Crippen LogP contribution in [0.15, 0.2) is 48.0 Å². The number of pyridine rings is 1. The van der Waals surface area contributed by atoms with Crippen molar-refractivity contribution in [3.05, 3.63) is 53.7 Å². The summed E-state index contributed by atoms with van der Waals surface area (Å²) in [5, 5.41) is 6.26. The van der Waals surface area contributed by atoms with Crippen molar-refractivity contribution in [3.8, 4) is 0 Å². The van der Waals surface area contributed by atoms with Gasteiger partial charge in [-0.3, -0.25) is 9.39 Å². The number of nitrogens with zero attached hydrogens (tertiary/aromatic N) is 3. The van der Waals surface area contributed by atoms with E-state index in [1.807, 2.05) is 0 Å². The number of nitrogens with one attached hydrogen (secondary N) is 2. The van der Waals surface area contributed by atoms with Crippen LogP contribution in [-0.2, 0) is 0 Å². The Labute approximate surface area is 142 Å². The molecule has 0 spiro atoms. The Morgan fingerprint density at radius 3 is 2.96 bits per heavy atom. The Balaban J connectivity index is 2.01. The first-order valence-electron chi connectivity index (χ1n) is 7.38. The largest absolute Gasteiger partial charge is 0.338 e. The van der Waals surface area contributed by atoms with Crippen molar-refractivity contribution in [3.63, 3.8) is 0 Å². The van der Waals surface area contributed by atoms with Gasteiger partial charge in [0.15, 0.2) is 0 Å². The molecule has 0 saturated carbocycles. The molecular weight excluding hydrogens is 336 g/mol. The number of halogens is 3. The summed E-state index contributed by atoms with van der Waals surface area (Å²) in [5.74, 6) is -0.574. The van der Waals surface area contributed by atoms with E-state index < -0.39 is 12.5 Å². The zero-order valence-corrected chi connectivity index (χ0v) is 13.5. The van der Waals surface area contributed by atoms with E-state index >= 15 is 0 Å². The molecule has 2 aromatic rings. The van der Waals surface area contributed by atoms with Crippen molar-refractivity contribution in [1.29, 1.82) is 0 Å². The van der Waals surface area contributed by atoms with E-state index in [-0.39, 0.29) is 17.6 Å². The van der Waals surface area contributed by atoms with E-state index in [0.29, 0.717) is 29.5 Å². The highest BCUT2D eigenvalue weighted by molar-refractivity contribution is 6.30. The lowest BCUT2D eigenvalue weighted by molar-refractivity contribution is 0.443. The van der Waals surface area contributed by atoms with Crippen LogP contribution in [-0.4, -0.2) is 41.0 Å². The van der Waals surface area contributed by atoms with Gasteiger partial charge in [0, 0.05) is 19.3 Å². The average molecular weight is 352 g/mol. The highest BCUT2D eigenvalue weighted by Gasteiger charge is 2.19. The second kappa shape index (κ2) is 7.11. The highest BCUT2D eigenvalue weighted by Crippen LogP contribution is 2.21. The van der Waals surface area contributed by atoms with Gasteiger partial charge in [-0.1, -0.05) is 18.2 Å². The van der Waals surface area contributed by atoms with E-state index in [1.165, 1.54) is 6.20 Å². The molecule has 1 saturated heterocycles. The first-order chi connectivity index (χ1) is 11.6. The topological polar surface area (TPSA) is 53.7 Å². The van der Waals surface area contributed by atoms with Crippen molar-refractivity contribution < 1.29 is 8.78 Å².